The third kappa shape index (κ3) is 5.54. The van der Waals surface area contributed by atoms with E-state index in [2.05, 4.69) is 20.5 Å². The van der Waals surface area contributed by atoms with Crippen LogP contribution >= 0.6 is 23.5 Å². The molecule has 3 amide bonds. The highest BCUT2D eigenvalue weighted by atomic mass is 32.2. The maximum absolute atomic E-state index is 12.6. The Kier molecular flexibility index (Phi) is 7.43. The first-order valence-corrected chi connectivity index (χ1v) is 12.3. The zero-order valence-electron chi connectivity index (χ0n) is 18.6. The largest absolute Gasteiger partial charge is 0.354 e. The van der Waals surface area contributed by atoms with Crippen LogP contribution in [0.3, 0.4) is 0 Å². The van der Waals surface area contributed by atoms with Gasteiger partial charge in [-0.1, -0.05) is 35.5 Å². The second-order valence-electron chi connectivity index (χ2n) is 7.46. The Morgan fingerprint density at radius 3 is 2.68 bits per heavy atom. The Bertz CT molecular complexity index is 1240. The lowest BCUT2D eigenvalue weighted by Gasteiger charge is -2.13. The van der Waals surface area contributed by atoms with Gasteiger partial charge >= 0.3 is 0 Å². The van der Waals surface area contributed by atoms with Gasteiger partial charge in [0.25, 0.3) is 11.1 Å². The summed E-state index contributed by atoms with van der Waals surface area (Å²) >= 11 is 2.15. The second-order valence-corrected chi connectivity index (χ2v) is 9.39. The molecule has 4 rings (SSSR count). The molecule has 0 unspecified atom stereocenters. The number of pyridine rings is 1. The zero-order chi connectivity index (χ0) is 24.1. The summed E-state index contributed by atoms with van der Waals surface area (Å²) in [7, 11) is 0. The minimum absolute atomic E-state index is 0.101. The molecular formula is C23H22N6O3S2. The van der Waals surface area contributed by atoms with Crippen molar-refractivity contribution in [3.63, 3.8) is 0 Å². The number of amides is 3. The van der Waals surface area contributed by atoms with Gasteiger partial charge in [-0.3, -0.25) is 28.8 Å². The van der Waals surface area contributed by atoms with Crippen molar-refractivity contribution in [3.8, 4) is 5.69 Å². The Morgan fingerprint density at radius 2 is 1.94 bits per heavy atom. The van der Waals surface area contributed by atoms with Crippen molar-refractivity contribution in [3.05, 3.63) is 70.6 Å². The highest BCUT2D eigenvalue weighted by Gasteiger charge is 2.34. The van der Waals surface area contributed by atoms with Crippen LogP contribution in [-0.4, -0.2) is 60.5 Å². The van der Waals surface area contributed by atoms with Gasteiger partial charge in [-0.15, -0.1) is 10.2 Å². The molecule has 0 atom stereocenters. The number of hydrogen-bond acceptors (Lipinski definition) is 8. The van der Waals surface area contributed by atoms with Crippen LogP contribution in [0.4, 0.5) is 4.79 Å². The van der Waals surface area contributed by atoms with Crippen molar-refractivity contribution in [1.29, 1.82) is 0 Å². The monoisotopic (exact) mass is 494 g/mol. The van der Waals surface area contributed by atoms with Crippen LogP contribution in [0, 0.1) is 13.8 Å². The first-order chi connectivity index (χ1) is 16.4. The molecule has 1 aliphatic rings. The number of hydrogen-bond donors (Lipinski definition) is 1. The van der Waals surface area contributed by atoms with Crippen molar-refractivity contribution >= 4 is 46.7 Å². The van der Waals surface area contributed by atoms with Crippen LogP contribution in [0.2, 0.25) is 0 Å². The van der Waals surface area contributed by atoms with Crippen LogP contribution in [0.5, 0.6) is 0 Å². The van der Waals surface area contributed by atoms with E-state index in [0.717, 1.165) is 39.3 Å². The van der Waals surface area contributed by atoms with Gasteiger partial charge in [0.1, 0.15) is 5.82 Å². The van der Waals surface area contributed by atoms with Gasteiger partial charge in [-0.25, -0.2) is 0 Å². The van der Waals surface area contributed by atoms with Gasteiger partial charge in [-0.2, -0.15) is 0 Å². The third-order valence-corrected chi connectivity index (χ3v) is 6.77. The van der Waals surface area contributed by atoms with E-state index in [4.69, 9.17) is 0 Å². The van der Waals surface area contributed by atoms with E-state index in [0.29, 0.717) is 10.1 Å². The van der Waals surface area contributed by atoms with Crippen LogP contribution < -0.4 is 5.32 Å². The smallest absolute Gasteiger partial charge is 0.293 e. The van der Waals surface area contributed by atoms with Gasteiger partial charge in [0.15, 0.2) is 5.16 Å². The van der Waals surface area contributed by atoms with Gasteiger partial charge in [-0.05, 0) is 55.4 Å². The third-order valence-electron chi connectivity index (χ3n) is 4.93. The van der Waals surface area contributed by atoms with Crippen LogP contribution in [-0.2, 0) is 9.59 Å². The number of thioether (sulfide) groups is 2. The van der Waals surface area contributed by atoms with Gasteiger partial charge in [0.2, 0.25) is 5.91 Å². The van der Waals surface area contributed by atoms with Crippen molar-refractivity contribution in [2.75, 3.05) is 18.8 Å². The summed E-state index contributed by atoms with van der Waals surface area (Å²) in [6.07, 6.45) is 4.89. The summed E-state index contributed by atoms with van der Waals surface area (Å²) in [5.41, 5.74) is 2.82. The van der Waals surface area contributed by atoms with Gasteiger partial charge < -0.3 is 5.32 Å². The molecule has 9 nitrogen and oxygen atoms in total. The average Bonchev–Trinajstić information content (AvgIpc) is 3.32. The molecule has 174 valence electrons. The lowest BCUT2D eigenvalue weighted by atomic mass is 10.2. The number of imide groups is 1. The standard InChI is InChI=1S/C23H22N6O3S2/c1-15-5-7-18(8-6-15)29-16(2)26-27-22(29)33-14-20(30)25-10-11-28-21(31)19(34-23(28)32)12-17-4-3-9-24-13-17/h3-9,12-13H,10-11,14H2,1-2H3,(H,25,30)/b19-12-. The SMILES string of the molecule is Cc1ccc(-n2c(C)nnc2SCC(=O)NCCN2C(=O)S/C(=C\c3cccnc3)C2=O)cc1. The van der Waals surface area contributed by atoms with Crippen molar-refractivity contribution in [2.24, 2.45) is 0 Å². The Balaban J connectivity index is 1.28. The van der Waals surface area contributed by atoms with Crippen molar-refractivity contribution in [2.45, 2.75) is 19.0 Å². The summed E-state index contributed by atoms with van der Waals surface area (Å²) < 4.78 is 1.90. The molecule has 2 aromatic heterocycles. The molecule has 1 aromatic carbocycles. The van der Waals surface area contributed by atoms with E-state index in [-0.39, 0.29) is 35.9 Å². The molecule has 3 heterocycles. The minimum Gasteiger partial charge on any atom is -0.354 e. The lowest BCUT2D eigenvalue weighted by molar-refractivity contribution is -0.123. The number of nitrogens with zero attached hydrogens (tertiary/aromatic N) is 5. The number of carbonyl (C=O) groups is 3. The number of carbonyl (C=O) groups excluding carboxylic acids is 3. The first-order valence-electron chi connectivity index (χ1n) is 10.5. The Hall–Kier alpha value is -3.44. The summed E-state index contributed by atoms with van der Waals surface area (Å²) in [5, 5.41) is 11.3. The normalized spacial score (nSPS) is 14.8. The van der Waals surface area contributed by atoms with E-state index in [9.17, 15) is 14.4 Å². The highest BCUT2D eigenvalue weighted by molar-refractivity contribution is 8.18. The van der Waals surface area contributed by atoms with E-state index in [1.165, 1.54) is 11.8 Å². The van der Waals surface area contributed by atoms with E-state index >= 15 is 0 Å². The van der Waals surface area contributed by atoms with E-state index in [1.807, 2.05) is 42.7 Å². The van der Waals surface area contributed by atoms with Crippen molar-refractivity contribution in [1.82, 2.24) is 30.0 Å². The topological polar surface area (TPSA) is 110 Å². The lowest BCUT2D eigenvalue weighted by Crippen LogP contribution is -2.37. The summed E-state index contributed by atoms with van der Waals surface area (Å²) in [6, 6.07) is 11.5. The Morgan fingerprint density at radius 1 is 1.15 bits per heavy atom. The molecule has 1 aliphatic heterocycles. The highest BCUT2D eigenvalue weighted by Crippen LogP contribution is 2.31. The fourth-order valence-electron chi connectivity index (χ4n) is 3.22. The minimum atomic E-state index is -0.371. The van der Waals surface area contributed by atoms with Crippen LogP contribution in [0.15, 0.2) is 58.9 Å². The molecule has 1 fully saturated rings. The summed E-state index contributed by atoms with van der Waals surface area (Å²) in [5.74, 6) is 0.265. The summed E-state index contributed by atoms with van der Waals surface area (Å²) in [6.45, 7) is 4.14. The maximum atomic E-state index is 12.6. The van der Waals surface area contributed by atoms with Crippen LogP contribution in [0.1, 0.15) is 17.0 Å². The molecule has 0 radical (unpaired) electrons. The molecule has 0 aliphatic carbocycles. The predicted molar refractivity (Wildman–Crippen MR) is 131 cm³/mol. The molecule has 34 heavy (non-hydrogen) atoms. The molecule has 0 bridgehead atoms. The van der Waals surface area contributed by atoms with E-state index in [1.54, 1.807) is 30.6 Å². The molecule has 0 spiro atoms. The predicted octanol–water partition coefficient (Wildman–Crippen LogP) is 3.22. The van der Waals surface area contributed by atoms with E-state index < -0.39 is 0 Å². The second kappa shape index (κ2) is 10.7. The maximum Gasteiger partial charge on any atom is 0.293 e. The van der Waals surface area contributed by atoms with Gasteiger partial charge in [0.05, 0.1) is 10.7 Å². The number of aromatic nitrogens is 4. The fourth-order valence-corrected chi connectivity index (χ4v) is 4.91. The number of benzene rings is 1. The van der Waals surface area contributed by atoms with Crippen molar-refractivity contribution < 1.29 is 14.4 Å². The fraction of sp³-hybridized carbons (Fsp3) is 0.217. The Labute approximate surface area is 205 Å². The molecular weight excluding hydrogens is 472 g/mol. The molecule has 1 N–H and O–H groups in total. The first kappa shape index (κ1) is 23.7. The number of rotatable bonds is 8. The number of nitrogens with one attached hydrogen (secondary N) is 1. The molecule has 3 aromatic rings. The van der Waals surface area contributed by atoms with Gasteiger partial charge in [0, 0.05) is 31.2 Å². The van der Waals surface area contributed by atoms with Crippen LogP contribution in [0.25, 0.3) is 11.8 Å². The zero-order valence-corrected chi connectivity index (χ0v) is 20.2. The summed E-state index contributed by atoms with van der Waals surface area (Å²) in [4.78, 5) is 42.6. The molecule has 11 heteroatoms. The quantitative estimate of drug-likeness (QED) is 0.375. The average molecular weight is 495 g/mol. The number of aryl methyl sites for hydroxylation is 2. The molecule has 1 saturated heterocycles. The molecule has 0 saturated carbocycles.